The van der Waals surface area contributed by atoms with Crippen LogP contribution in [0.25, 0.3) is 0 Å². The van der Waals surface area contributed by atoms with Gasteiger partial charge in [0.25, 0.3) is 0 Å². The lowest BCUT2D eigenvalue weighted by molar-refractivity contribution is -0.114. The van der Waals surface area contributed by atoms with Crippen molar-refractivity contribution in [1.29, 1.82) is 0 Å². The molecule has 1 aromatic carbocycles. The first-order valence-corrected chi connectivity index (χ1v) is 12.5. The number of hydrogen-bond acceptors (Lipinski definition) is 7. The summed E-state index contributed by atoms with van der Waals surface area (Å²) < 4.78 is 36.4. The molecule has 7 nitrogen and oxygen atoms in total. The lowest BCUT2D eigenvalue weighted by Crippen LogP contribution is -2.61. The first-order valence-electron chi connectivity index (χ1n) is 10.8. The first kappa shape index (κ1) is 28.4. The molecule has 0 amide bonds. The highest BCUT2D eigenvalue weighted by molar-refractivity contribution is 6.54. The van der Waals surface area contributed by atoms with Crippen LogP contribution in [-0.4, -0.2) is 44.5 Å². The molecule has 0 bridgehead atoms. The maximum Gasteiger partial charge on any atom is 0.751 e. The van der Waals surface area contributed by atoms with Gasteiger partial charge < -0.3 is 27.2 Å². The van der Waals surface area contributed by atoms with Crippen LogP contribution in [0.15, 0.2) is 18.2 Å². The lowest BCUT2D eigenvalue weighted by atomic mass is 10.1. The summed E-state index contributed by atoms with van der Waals surface area (Å²) in [6.45, 7) is 22.7. The van der Waals surface area contributed by atoms with E-state index >= 15 is 0 Å². The molecular weight excluding hydrogens is 428 g/mol. The molecule has 0 unspecified atom stereocenters. The molecule has 0 aromatic heterocycles. The Balaban J connectivity index is 3.48. The second-order valence-corrected chi connectivity index (χ2v) is 13.4. The topological polar surface area (TPSA) is 72.5 Å². The molecule has 32 heavy (non-hydrogen) atoms. The zero-order valence-corrected chi connectivity index (χ0v) is 23.1. The monoisotopic (exact) mass is 470 g/mol. The minimum absolute atomic E-state index is 0.345. The average molecular weight is 471 g/mol. The Kier molecular flexibility index (Phi) is 8.62. The maximum absolute atomic E-state index is 12.5. The van der Waals surface area contributed by atoms with Crippen LogP contribution in [0.1, 0.15) is 93.4 Å². The van der Waals surface area contributed by atoms with E-state index in [1.165, 1.54) is 7.11 Å². The summed E-state index contributed by atoms with van der Waals surface area (Å²) in [5.41, 5.74) is -2.07. The molecule has 0 atom stereocenters. The molecule has 1 aromatic rings. The fourth-order valence-corrected chi connectivity index (χ4v) is 5.54. The van der Waals surface area contributed by atoms with E-state index in [1.807, 2.05) is 83.1 Å². The van der Waals surface area contributed by atoms with Crippen LogP contribution in [0.5, 0.6) is 11.5 Å². The van der Waals surface area contributed by atoms with E-state index in [2.05, 4.69) is 0 Å². The van der Waals surface area contributed by atoms with Gasteiger partial charge >= 0.3 is 15.0 Å². The van der Waals surface area contributed by atoms with Crippen molar-refractivity contribution in [3.63, 3.8) is 0 Å². The first-order chi connectivity index (χ1) is 14.1. The van der Waals surface area contributed by atoms with Crippen molar-refractivity contribution in [2.75, 3.05) is 7.11 Å². The number of ether oxygens (including phenoxy) is 2. The number of rotatable bonds is 7. The molecule has 0 spiro atoms. The van der Waals surface area contributed by atoms with Crippen molar-refractivity contribution in [2.45, 2.75) is 105 Å². The molecule has 0 radical (unpaired) electrons. The van der Waals surface area contributed by atoms with E-state index in [1.54, 1.807) is 18.2 Å². The molecule has 8 heteroatoms. The Bertz CT molecular complexity index is 737. The largest absolute Gasteiger partial charge is 0.751 e. The van der Waals surface area contributed by atoms with Gasteiger partial charge in [-0.25, -0.2) is 4.79 Å². The maximum atomic E-state index is 12.5. The number of esters is 1. The molecule has 0 saturated carbocycles. The van der Waals surface area contributed by atoms with Crippen LogP contribution in [0.2, 0.25) is 0 Å². The van der Waals surface area contributed by atoms with Crippen LogP contribution < -0.4 is 9.16 Å². The highest BCUT2D eigenvalue weighted by Crippen LogP contribution is 2.36. The minimum atomic E-state index is -3.77. The van der Waals surface area contributed by atoms with Gasteiger partial charge in [0.15, 0.2) is 11.5 Å². The molecule has 0 N–H and O–H groups in total. The van der Waals surface area contributed by atoms with Gasteiger partial charge in [0.05, 0.1) is 29.5 Å². The minimum Gasteiger partial charge on any atom is -0.493 e. The third kappa shape index (κ3) is 10.3. The summed E-state index contributed by atoms with van der Waals surface area (Å²) in [6, 6.07) is 4.84. The lowest BCUT2D eigenvalue weighted by Gasteiger charge is -2.40. The van der Waals surface area contributed by atoms with Gasteiger partial charge in [-0.15, -0.1) is 0 Å². The molecular formula is C24H42O7Si. The molecule has 0 aliphatic rings. The SMILES string of the molecule is COc1cc(C(=O)OC(C)(C)C)ccc1O[Si](OC(C)(C)C)(OC(C)(C)C)OC(C)(C)C. The number of benzene rings is 1. The number of carbonyl (C=O) groups is 1. The van der Waals surface area contributed by atoms with Gasteiger partial charge in [0.2, 0.25) is 0 Å². The van der Waals surface area contributed by atoms with Crippen molar-refractivity contribution in [1.82, 2.24) is 0 Å². The van der Waals surface area contributed by atoms with Crippen molar-refractivity contribution in [2.24, 2.45) is 0 Å². The highest BCUT2D eigenvalue weighted by Gasteiger charge is 2.57. The summed E-state index contributed by atoms with van der Waals surface area (Å²) in [5, 5.41) is 0. The third-order valence-electron chi connectivity index (χ3n) is 3.33. The van der Waals surface area contributed by atoms with E-state index in [4.69, 9.17) is 27.2 Å². The van der Waals surface area contributed by atoms with Crippen LogP contribution >= 0.6 is 0 Å². The Hall–Kier alpha value is -1.61. The Morgan fingerprint density at radius 2 is 1.12 bits per heavy atom. The smallest absolute Gasteiger partial charge is 0.493 e. The van der Waals surface area contributed by atoms with Crippen molar-refractivity contribution < 1.29 is 32.0 Å². The van der Waals surface area contributed by atoms with E-state index < -0.39 is 37.4 Å². The summed E-state index contributed by atoms with van der Waals surface area (Å²) in [5.74, 6) is 0.246. The number of carbonyl (C=O) groups excluding carboxylic acids is 1. The second kappa shape index (κ2) is 9.71. The van der Waals surface area contributed by atoms with E-state index in [0.29, 0.717) is 17.1 Å². The Morgan fingerprint density at radius 3 is 1.47 bits per heavy atom. The molecule has 0 fully saturated rings. The summed E-state index contributed by atoms with van der Waals surface area (Å²) in [6.07, 6.45) is 0. The fraction of sp³-hybridized carbons (Fsp3) is 0.708. The zero-order chi connectivity index (χ0) is 25.2. The standard InChI is InChI=1S/C24H42O7Si/c1-21(2,3)27-20(25)17-14-15-18(19(16-17)26-13)28-32(29-22(4,5)6,30-23(7,8)9)31-24(10,11)12/h14-16H,1-13H3. The molecule has 1 rings (SSSR count). The summed E-state index contributed by atoms with van der Waals surface area (Å²) in [4.78, 5) is 12.5. The van der Waals surface area contributed by atoms with Gasteiger partial charge in [0, 0.05) is 0 Å². The van der Waals surface area contributed by atoms with Crippen LogP contribution in [-0.2, 0) is 18.0 Å². The molecule has 0 heterocycles. The van der Waals surface area contributed by atoms with Crippen LogP contribution in [0, 0.1) is 0 Å². The Morgan fingerprint density at radius 1 is 0.688 bits per heavy atom. The number of hydrogen-bond donors (Lipinski definition) is 0. The molecule has 184 valence electrons. The van der Waals surface area contributed by atoms with Crippen molar-refractivity contribution >= 4 is 15.0 Å². The van der Waals surface area contributed by atoms with Crippen LogP contribution in [0.4, 0.5) is 0 Å². The fourth-order valence-electron chi connectivity index (χ4n) is 2.60. The average Bonchev–Trinajstić information content (AvgIpc) is 2.47. The normalized spacial score (nSPS) is 13.7. The van der Waals surface area contributed by atoms with Gasteiger partial charge in [-0.2, -0.15) is 0 Å². The van der Waals surface area contributed by atoms with E-state index in [-0.39, 0.29) is 0 Å². The quantitative estimate of drug-likeness (QED) is 0.362. The number of methoxy groups -OCH3 is 1. The summed E-state index contributed by atoms with van der Waals surface area (Å²) in [7, 11) is -2.27. The zero-order valence-electron chi connectivity index (χ0n) is 22.1. The highest BCUT2D eigenvalue weighted by atomic mass is 28.4. The Labute approximate surface area is 195 Å². The van der Waals surface area contributed by atoms with Crippen molar-refractivity contribution in [3.05, 3.63) is 23.8 Å². The molecule has 0 aliphatic carbocycles. The van der Waals surface area contributed by atoms with Crippen molar-refractivity contribution in [3.8, 4) is 11.5 Å². The third-order valence-corrected chi connectivity index (χ3v) is 6.38. The van der Waals surface area contributed by atoms with Gasteiger partial charge in [-0.1, -0.05) is 0 Å². The summed E-state index contributed by atoms with van der Waals surface area (Å²) >= 11 is 0. The predicted octanol–water partition coefficient (Wildman–Crippen LogP) is 5.91. The van der Waals surface area contributed by atoms with E-state index in [9.17, 15) is 4.79 Å². The van der Waals surface area contributed by atoms with Gasteiger partial charge in [0.1, 0.15) is 5.60 Å². The second-order valence-electron chi connectivity index (χ2n) is 11.6. The van der Waals surface area contributed by atoms with Gasteiger partial charge in [-0.3, -0.25) is 0 Å². The molecule has 0 saturated heterocycles. The van der Waals surface area contributed by atoms with Gasteiger partial charge in [-0.05, 0) is 101 Å². The predicted molar refractivity (Wildman–Crippen MR) is 127 cm³/mol. The van der Waals surface area contributed by atoms with Crippen LogP contribution in [0.3, 0.4) is 0 Å². The molecule has 0 aliphatic heterocycles. The van der Waals surface area contributed by atoms with E-state index in [0.717, 1.165) is 0 Å².